The number of carbonyl (C=O) groups is 1. The summed E-state index contributed by atoms with van der Waals surface area (Å²) in [6.45, 7) is 3.39. The topological polar surface area (TPSA) is 58.6 Å². The second-order valence-electron chi connectivity index (χ2n) is 4.69. The Balaban J connectivity index is 2.42. The summed E-state index contributed by atoms with van der Waals surface area (Å²) >= 11 is 0. The SMILES string of the molecule is COC(=O)Cc1ccccc1CNCCCC(C)O. The van der Waals surface area contributed by atoms with Crippen molar-refractivity contribution in [2.75, 3.05) is 13.7 Å². The zero-order chi connectivity index (χ0) is 14.1. The maximum atomic E-state index is 11.3. The minimum atomic E-state index is -0.242. The van der Waals surface area contributed by atoms with Gasteiger partial charge in [-0.3, -0.25) is 4.79 Å². The number of nitrogens with one attached hydrogen (secondary N) is 1. The van der Waals surface area contributed by atoms with Crippen LogP contribution in [-0.4, -0.2) is 30.8 Å². The van der Waals surface area contributed by atoms with E-state index in [-0.39, 0.29) is 12.1 Å². The molecular weight excluding hydrogens is 242 g/mol. The predicted octanol–water partition coefficient (Wildman–Crippen LogP) is 1.65. The normalized spacial score (nSPS) is 12.2. The monoisotopic (exact) mass is 265 g/mol. The number of methoxy groups -OCH3 is 1. The minimum Gasteiger partial charge on any atom is -0.469 e. The highest BCUT2D eigenvalue weighted by Crippen LogP contribution is 2.10. The van der Waals surface area contributed by atoms with Gasteiger partial charge in [0.05, 0.1) is 19.6 Å². The molecule has 0 spiro atoms. The van der Waals surface area contributed by atoms with Crippen LogP contribution in [-0.2, 0) is 22.5 Å². The third kappa shape index (κ3) is 6.36. The molecule has 0 aliphatic carbocycles. The van der Waals surface area contributed by atoms with E-state index < -0.39 is 0 Å². The standard InChI is InChI=1S/C15H23NO3/c1-12(17)6-5-9-16-11-14-8-4-3-7-13(14)10-15(18)19-2/h3-4,7-8,12,16-17H,5-6,9-11H2,1-2H3. The van der Waals surface area contributed by atoms with Crippen LogP contribution in [0.15, 0.2) is 24.3 Å². The Hall–Kier alpha value is -1.39. The van der Waals surface area contributed by atoms with E-state index in [1.807, 2.05) is 24.3 Å². The number of carbonyl (C=O) groups excluding carboxylic acids is 1. The van der Waals surface area contributed by atoms with Gasteiger partial charge in [-0.1, -0.05) is 24.3 Å². The maximum Gasteiger partial charge on any atom is 0.309 e. The summed E-state index contributed by atoms with van der Waals surface area (Å²) in [5.74, 6) is -0.221. The highest BCUT2D eigenvalue weighted by molar-refractivity contribution is 5.72. The summed E-state index contributed by atoms with van der Waals surface area (Å²) in [6, 6.07) is 7.85. The maximum absolute atomic E-state index is 11.3. The van der Waals surface area contributed by atoms with Gasteiger partial charge in [-0.15, -0.1) is 0 Å². The molecule has 2 N–H and O–H groups in total. The van der Waals surface area contributed by atoms with E-state index in [4.69, 9.17) is 9.84 Å². The lowest BCUT2D eigenvalue weighted by molar-refractivity contribution is -0.139. The number of esters is 1. The first-order chi connectivity index (χ1) is 9.13. The number of rotatable bonds is 8. The molecule has 1 aromatic carbocycles. The molecule has 0 amide bonds. The van der Waals surface area contributed by atoms with E-state index >= 15 is 0 Å². The lowest BCUT2D eigenvalue weighted by atomic mass is 10.0. The average molecular weight is 265 g/mol. The van der Waals surface area contributed by atoms with Crippen LogP contribution in [0.25, 0.3) is 0 Å². The van der Waals surface area contributed by atoms with E-state index in [1.54, 1.807) is 6.92 Å². The van der Waals surface area contributed by atoms with Gasteiger partial charge >= 0.3 is 5.97 Å². The van der Waals surface area contributed by atoms with E-state index in [9.17, 15) is 4.79 Å². The lowest BCUT2D eigenvalue weighted by Crippen LogP contribution is -2.18. The highest BCUT2D eigenvalue weighted by Gasteiger charge is 2.07. The van der Waals surface area contributed by atoms with Crippen molar-refractivity contribution >= 4 is 5.97 Å². The first-order valence-corrected chi connectivity index (χ1v) is 6.66. The summed E-state index contributed by atoms with van der Waals surface area (Å²) in [4.78, 5) is 11.3. The number of ether oxygens (including phenoxy) is 1. The first kappa shape index (κ1) is 15.7. The first-order valence-electron chi connectivity index (χ1n) is 6.66. The largest absolute Gasteiger partial charge is 0.469 e. The van der Waals surface area contributed by atoms with Crippen molar-refractivity contribution in [3.63, 3.8) is 0 Å². The third-order valence-electron chi connectivity index (χ3n) is 2.97. The van der Waals surface area contributed by atoms with Crippen molar-refractivity contribution in [3.8, 4) is 0 Å². The van der Waals surface area contributed by atoms with Crippen molar-refractivity contribution in [2.45, 2.75) is 38.8 Å². The van der Waals surface area contributed by atoms with Gasteiger partial charge in [0.1, 0.15) is 0 Å². The Kier molecular flexibility index (Phi) is 7.15. The summed E-state index contributed by atoms with van der Waals surface area (Å²) in [6.07, 6.45) is 1.81. The Bertz CT molecular complexity index is 391. The van der Waals surface area contributed by atoms with Crippen LogP contribution in [0.4, 0.5) is 0 Å². The van der Waals surface area contributed by atoms with Crippen LogP contribution in [0.2, 0.25) is 0 Å². The smallest absolute Gasteiger partial charge is 0.309 e. The molecule has 0 aliphatic rings. The molecule has 0 saturated heterocycles. The van der Waals surface area contributed by atoms with Gasteiger partial charge in [-0.05, 0) is 37.4 Å². The van der Waals surface area contributed by atoms with Crippen LogP contribution < -0.4 is 5.32 Å². The summed E-state index contributed by atoms with van der Waals surface area (Å²) in [5.41, 5.74) is 2.11. The summed E-state index contributed by atoms with van der Waals surface area (Å²) in [7, 11) is 1.40. The molecule has 0 aliphatic heterocycles. The van der Waals surface area contributed by atoms with Crippen molar-refractivity contribution in [2.24, 2.45) is 0 Å². The van der Waals surface area contributed by atoms with Crippen molar-refractivity contribution in [3.05, 3.63) is 35.4 Å². The van der Waals surface area contributed by atoms with E-state index in [1.165, 1.54) is 7.11 Å². The molecular formula is C15H23NO3. The number of aliphatic hydroxyl groups is 1. The van der Waals surface area contributed by atoms with Crippen molar-refractivity contribution in [1.82, 2.24) is 5.32 Å². The fourth-order valence-corrected chi connectivity index (χ4v) is 1.88. The highest BCUT2D eigenvalue weighted by atomic mass is 16.5. The molecule has 4 heteroatoms. The fraction of sp³-hybridized carbons (Fsp3) is 0.533. The molecule has 0 radical (unpaired) electrons. The van der Waals surface area contributed by atoms with Gasteiger partial charge in [0.15, 0.2) is 0 Å². The van der Waals surface area contributed by atoms with Gasteiger partial charge in [0, 0.05) is 6.54 Å². The van der Waals surface area contributed by atoms with Crippen LogP contribution in [0, 0.1) is 0 Å². The molecule has 0 heterocycles. The van der Waals surface area contributed by atoms with E-state index in [2.05, 4.69) is 5.32 Å². The molecule has 4 nitrogen and oxygen atoms in total. The Labute approximate surface area is 114 Å². The Morgan fingerprint density at radius 3 is 2.68 bits per heavy atom. The molecule has 19 heavy (non-hydrogen) atoms. The van der Waals surface area contributed by atoms with E-state index in [0.717, 1.165) is 37.1 Å². The predicted molar refractivity (Wildman–Crippen MR) is 74.8 cm³/mol. The van der Waals surface area contributed by atoms with Gasteiger partial charge < -0.3 is 15.2 Å². The number of aliphatic hydroxyl groups excluding tert-OH is 1. The second-order valence-corrected chi connectivity index (χ2v) is 4.69. The summed E-state index contributed by atoms with van der Waals surface area (Å²) in [5, 5.41) is 12.5. The Morgan fingerprint density at radius 2 is 2.05 bits per heavy atom. The number of hydrogen-bond acceptors (Lipinski definition) is 4. The van der Waals surface area contributed by atoms with E-state index in [0.29, 0.717) is 6.42 Å². The quantitative estimate of drug-likeness (QED) is 0.554. The van der Waals surface area contributed by atoms with Gasteiger partial charge in [0.2, 0.25) is 0 Å². The molecule has 0 saturated carbocycles. The van der Waals surface area contributed by atoms with Crippen LogP contribution in [0.3, 0.4) is 0 Å². The summed E-state index contributed by atoms with van der Waals surface area (Å²) < 4.78 is 4.69. The lowest BCUT2D eigenvalue weighted by Gasteiger charge is -2.10. The third-order valence-corrected chi connectivity index (χ3v) is 2.97. The zero-order valence-corrected chi connectivity index (χ0v) is 11.7. The van der Waals surface area contributed by atoms with Gasteiger partial charge in [-0.2, -0.15) is 0 Å². The van der Waals surface area contributed by atoms with Crippen LogP contribution in [0.5, 0.6) is 0 Å². The number of hydrogen-bond donors (Lipinski definition) is 2. The number of benzene rings is 1. The molecule has 0 bridgehead atoms. The van der Waals surface area contributed by atoms with Crippen LogP contribution >= 0.6 is 0 Å². The molecule has 1 rings (SSSR count). The molecule has 106 valence electrons. The molecule has 1 atom stereocenters. The van der Waals surface area contributed by atoms with Gasteiger partial charge in [0.25, 0.3) is 0 Å². The fourth-order valence-electron chi connectivity index (χ4n) is 1.88. The molecule has 1 unspecified atom stereocenters. The molecule has 1 aromatic rings. The van der Waals surface area contributed by atoms with Gasteiger partial charge in [-0.25, -0.2) is 0 Å². The molecule has 0 fully saturated rings. The Morgan fingerprint density at radius 1 is 1.37 bits per heavy atom. The minimum absolute atomic E-state index is 0.221. The van der Waals surface area contributed by atoms with Crippen molar-refractivity contribution < 1.29 is 14.6 Å². The zero-order valence-electron chi connectivity index (χ0n) is 11.7. The van der Waals surface area contributed by atoms with Crippen LogP contribution in [0.1, 0.15) is 30.9 Å². The molecule has 0 aromatic heterocycles. The average Bonchev–Trinajstić information content (AvgIpc) is 2.39. The van der Waals surface area contributed by atoms with Crippen molar-refractivity contribution in [1.29, 1.82) is 0 Å². The second kappa shape index (κ2) is 8.67.